The fourth-order valence-electron chi connectivity index (χ4n) is 2.08. The van der Waals surface area contributed by atoms with E-state index in [0.717, 1.165) is 6.42 Å². The molecule has 0 amide bonds. The van der Waals surface area contributed by atoms with Gasteiger partial charge in [0.25, 0.3) is 0 Å². The van der Waals surface area contributed by atoms with Crippen molar-refractivity contribution in [3.63, 3.8) is 0 Å². The summed E-state index contributed by atoms with van der Waals surface area (Å²) in [7, 11) is 0. The van der Waals surface area contributed by atoms with Gasteiger partial charge < -0.3 is 15.8 Å². The van der Waals surface area contributed by atoms with Crippen molar-refractivity contribution in [3.8, 4) is 0 Å². The van der Waals surface area contributed by atoms with Crippen LogP contribution in [-0.2, 0) is 4.74 Å². The third kappa shape index (κ3) is 4.32. The maximum absolute atomic E-state index is 12.2. The molecule has 5 nitrogen and oxygen atoms in total. The van der Waals surface area contributed by atoms with E-state index in [-0.39, 0.29) is 5.78 Å². The largest absolute Gasteiger partial charge is 0.462 e. The lowest BCUT2D eigenvalue weighted by Crippen LogP contribution is -2.09. The maximum atomic E-state index is 12.2. The minimum absolute atomic E-state index is 0.0199. The monoisotopic (exact) mass is 312 g/mol. The van der Waals surface area contributed by atoms with Gasteiger partial charge in [0.2, 0.25) is 0 Å². The lowest BCUT2D eigenvalue weighted by Gasteiger charge is -2.13. The number of Topliss-reactive ketones (excluding diaryl/α,β-unsaturated/α-hetero) is 1. The molecule has 0 aliphatic heterocycles. The third-order valence-corrected chi connectivity index (χ3v) is 3.25. The number of ketones is 1. The first-order valence-corrected chi connectivity index (χ1v) is 7.46. The Morgan fingerprint density at radius 2 is 1.96 bits per heavy atom. The molecule has 0 unspecified atom stereocenters. The molecular weight excluding hydrogens is 292 g/mol. The number of esters is 1. The van der Waals surface area contributed by atoms with Crippen molar-refractivity contribution >= 4 is 28.8 Å². The van der Waals surface area contributed by atoms with Gasteiger partial charge in [-0.25, -0.2) is 4.79 Å². The molecule has 0 saturated heterocycles. The number of anilines is 3. The van der Waals surface area contributed by atoms with E-state index in [1.165, 1.54) is 6.92 Å². The van der Waals surface area contributed by atoms with Crippen LogP contribution in [0.15, 0.2) is 42.5 Å². The van der Waals surface area contributed by atoms with Crippen molar-refractivity contribution in [2.75, 3.05) is 17.7 Å². The lowest BCUT2D eigenvalue weighted by molar-refractivity contribution is 0.0506. The minimum Gasteiger partial charge on any atom is -0.462 e. The second-order valence-electron chi connectivity index (χ2n) is 5.20. The van der Waals surface area contributed by atoms with Gasteiger partial charge in [-0.05, 0) is 43.7 Å². The highest BCUT2D eigenvalue weighted by Gasteiger charge is 2.14. The van der Waals surface area contributed by atoms with E-state index >= 15 is 0 Å². The summed E-state index contributed by atoms with van der Waals surface area (Å²) < 4.78 is 5.18. The highest BCUT2D eigenvalue weighted by Crippen LogP contribution is 2.25. The van der Waals surface area contributed by atoms with Crippen molar-refractivity contribution in [3.05, 3.63) is 53.6 Å². The molecule has 0 aliphatic carbocycles. The van der Waals surface area contributed by atoms with Crippen LogP contribution in [0.5, 0.6) is 0 Å². The molecule has 2 aromatic rings. The molecule has 0 heterocycles. The molecule has 0 radical (unpaired) electrons. The summed E-state index contributed by atoms with van der Waals surface area (Å²) in [6.07, 6.45) is 0.747. The first-order chi connectivity index (χ1) is 11.0. The predicted octanol–water partition coefficient (Wildman–Crippen LogP) is 3.78. The molecule has 0 atom stereocenters. The van der Waals surface area contributed by atoms with E-state index in [0.29, 0.717) is 34.8 Å². The molecule has 23 heavy (non-hydrogen) atoms. The predicted molar refractivity (Wildman–Crippen MR) is 91.2 cm³/mol. The molecule has 0 bridgehead atoms. The molecule has 0 fully saturated rings. The van der Waals surface area contributed by atoms with Gasteiger partial charge in [0.15, 0.2) is 5.78 Å². The molecule has 2 aromatic carbocycles. The Kier molecular flexibility index (Phi) is 5.36. The second-order valence-corrected chi connectivity index (χ2v) is 5.20. The topological polar surface area (TPSA) is 81.4 Å². The molecular formula is C18H20N2O3. The van der Waals surface area contributed by atoms with Gasteiger partial charge in [0.1, 0.15) is 0 Å². The number of carbonyl (C=O) groups is 2. The number of nitrogens with two attached hydrogens (primary N) is 1. The van der Waals surface area contributed by atoms with E-state index in [9.17, 15) is 9.59 Å². The normalized spacial score (nSPS) is 10.2. The fourth-order valence-corrected chi connectivity index (χ4v) is 2.08. The van der Waals surface area contributed by atoms with E-state index in [1.54, 1.807) is 36.4 Å². The highest BCUT2D eigenvalue weighted by atomic mass is 16.5. The zero-order chi connectivity index (χ0) is 16.8. The van der Waals surface area contributed by atoms with Gasteiger partial charge in [-0.3, -0.25) is 4.79 Å². The molecule has 2 rings (SSSR count). The van der Waals surface area contributed by atoms with Gasteiger partial charge in [-0.2, -0.15) is 0 Å². The number of rotatable bonds is 6. The Balaban J connectivity index is 2.30. The average Bonchev–Trinajstić information content (AvgIpc) is 2.54. The molecule has 0 saturated carbocycles. The summed E-state index contributed by atoms with van der Waals surface area (Å²) in [6.45, 7) is 3.79. The quantitative estimate of drug-likeness (QED) is 0.482. The smallest absolute Gasteiger partial charge is 0.340 e. The molecule has 5 heteroatoms. The van der Waals surface area contributed by atoms with Crippen LogP contribution in [0, 0.1) is 0 Å². The van der Waals surface area contributed by atoms with Crippen LogP contribution in [0.3, 0.4) is 0 Å². The number of benzene rings is 2. The van der Waals surface area contributed by atoms with Gasteiger partial charge in [-0.15, -0.1) is 0 Å². The first-order valence-electron chi connectivity index (χ1n) is 7.46. The molecule has 0 spiro atoms. The average molecular weight is 312 g/mol. The van der Waals surface area contributed by atoms with Crippen molar-refractivity contribution < 1.29 is 14.3 Å². The number of ether oxygens (including phenoxy) is 1. The molecule has 0 aromatic heterocycles. The Hall–Kier alpha value is -2.82. The van der Waals surface area contributed by atoms with Crippen molar-refractivity contribution in [1.29, 1.82) is 0 Å². The number of hydrogen-bond acceptors (Lipinski definition) is 5. The highest BCUT2D eigenvalue weighted by molar-refractivity contribution is 5.98. The van der Waals surface area contributed by atoms with Crippen molar-refractivity contribution in [2.45, 2.75) is 20.3 Å². The maximum Gasteiger partial charge on any atom is 0.340 e. The van der Waals surface area contributed by atoms with Gasteiger partial charge >= 0.3 is 5.97 Å². The number of nitrogen functional groups attached to an aromatic ring is 1. The lowest BCUT2D eigenvalue weighted by atomic mass is 10.1. The summed E-state index contributed by atoms with van der Waals surface area (Å²) in [5.74, 6) is -0.446. The Morgan fingerprint density at radius 1 is 1.17 bits per heavy atom. The number of nitrogens with one attached hydrogen (secondary N) is 1. The van der Waals surface area contributed by atoms with Crippen molar-refractivity contribution in [1.82, 2.24) is 0 Å². The second kappa shape index (κ2) is 7.45. The summed E-state index contributed by atoms with van der Waals surface area (Å²) in [5, 5.41) is 3.14. The van der Waals surface area contributed by atoms with Gasteiger partial charge in [0.05, 0.1) is 17.9 Å². The fraction of sp³-hybridized carbons (Fsp3) is 0.222. The number of hydrogen-bond donors (Lipinski definition) is 2. The third-order valence-electron chi connectivity index (χ3n) is 3.25. The zero-order valence-corrected chi connectivity index (χ0v) is 13.3. The molecule has 3 N–H and O–H groups in total. The van der Waals surface area contributed by atoms with E-state index < -0.39 is 5.97 Å². The molecule has 0 aliphatic rings. The van der Waals surface area contributed by atoms with E-state index in [4.69, 9.17) is 10.5 Å². The van der Waals surface area contributed by atoms with Crippen LogP contribution >= 0.6 is 0 Å². The van der Waals surface area contributed by atoms with Crippen LogP contribution in [0.1, 0.15) is 41.0 Å². The number of carbonyl (C=O) groups excluding carboxylic acids is 2. The minimum atomic E-state index is -0.427. The zero-order valence-electron chi connectivity index (χ0n) is 13.3. The summed E-state index contributed by atoms with van der Waals surface area (Å²) in [6, 6.07) is 12.1. The van der Waals surface area contributed by atoms with Crippen LogP contribution < -0.4 is 11.1 Å². The summed E-state index contributed by atoms with van der Waals surface area (Å²) in [4.78, 5) is 23.6. The van der Waals surface area contributed by atoms with Crippen molar-refractivity contribution in [2.24, 2.45) is 0 Å². The van der Waals surface area contributed by atoms with Crippen LogP contribution in [0.4, 0.5) is 17.1 Å². The molecule has 120 valence electrons. The van der Waals surface area contributed by atoms with Gasteiger partial charge in [-0.1, -0.05) is 19.1 Å². The van der Waals surface area contributed by atoms with Gasteiger partial charge in [0, 0.05) is 16.9 Å². The Labute approximate surface area is 135 Å². The standard InChI is InChI=1S/C18H20N2O3/c1-3-9-23-18(22)16-11-14(19)7-8-17(16)20-15-6-4-5-13(10-15)12(2)21/h4-8,10-11,20H,3,9,19H2,1-2H3. The van der Waals surface area contributed by atoms with Crippen LogP contribution in [0.2, 0.25) is 0 Å². The summed E-state index contributed by atoms with van der Waals surface area (Å²) in [5.41, 5.74) is 8.52. The Morgan fingerprint density at radius 3 is 2.65 bits per heavy atom. The van der Waals surface area contributed by atoms with E-state index in [1.807, 2.05) is 13.0 Å². The SMILES string of the molecule is CCCOC(=O)c1cc(N)ccc1Nc1cccc(C(C)=O)c1. The van der Waals surface area contributed by atoms with Crippen LogP contribution in [-0.4, -0.2) is 18.4 Å². The first kappa shape index (κ1) is 16.5. The summed E-state index contributed by atoms with van der Waals surface area (Å²) >= 11 is 0. The Bertz CT molecular complexity index is 726. The van der Waals surface area contributed by atoms with E-state index in [2.05, 4.69) is 5.32 Å². The van der Waals surface area contributed by atoms with Crippen LogP contribution in [0.25, 0.3) is 0 Å².